The summed E-state index contributed by atoms with van der Waals surface area (Å²) in [6.45, 7) is 1.99. The van der Waals surface area contributed by atoms with Gasteiger partial charge in [-0.1, -0.05) is 34.1 Å². The van der Waals surface area contributed by atoms with Gasteiger partial charge >= 0.3 is 0 Å². The lowest BCUT2D eigenvalue weighted by Crippen LogP contribution is -2.29. The van der Waals surface area contributed by atoms with Crippen LogP contribution in [0.5, 0.6) is 5.75 Å². The van der Waals surface area contributed by atoms with E-state index >= 15 is 0 Å². The predicted molar refractivity (Wildman–Crippen MR) is 118 cm³/mol. The summed E-state index contributed by atoms with van der Waals surface area (Å²) in [5.74, 6) is -0.440. The molecule has 4 rings (SSSR count). The van der Waals surface area contributed by atoms with Crippen molar-refractivity contribution in [3.63, 3.8) is 0 Å². The Morgan fingerprint density at radius 1 is 1.16 bits per heavy atom. The highest BCUT2D eigenvalue weighted by molar-refractivity contribution is 9.10. The van der Waals surface area contributed by atoms with E-state index in [0.29, 0.717) is 22.6 Å². The van der Waals surface area contributed by atoms with Gasteiger partial charge in [0, 0.05) is 10.0 Å². The quantitative estimate of drug-likeness (QED) is 0.315. The first-order chi connectivity index (χ1) is 14.9. The highest BCUT2D eigenvalue weighted by Crippen LogP contribution is 2.41. The van der Waals surface area contributed by atoms with E-state index < -0.39 is 17.7 Å². The van der Waals surface area contributed by atoms with E-state index in [1.807, 2.05) is 6.92 Å². The Morgan fingerprint density at radius 3 is 2.52 bits per heavy atom. The lowest BCUT2D eigenvalue weighted by molar-refractivity contribution is -0.140. The minimum atomic E-state index is -0.764. The van der Waals surface area contributed by atoms with Crippen molar-refractivity contribution in [1.29, 1.82) is 0 Å². The molecular weight excluding hydrogens is 462 g/mol. The zero-order valence-corrected chi connectivity index (χ0v) is 18.5. The van der Waals surface area contributed by atoms with E-state index in [0.717, 1.165) is 10.0 Å². The first kappa shape index (κ1) is 20.9. The van der Waals surface area contributed by atoms with Gasteiger partial charge in [0.25, 0.3) is 11.7 Å². The molecule has 158 valence electrons. The van der Waals surface area contributed by atoms with Gasteiger partial charge in [0.05, 0.1) is 31.5 Å². The Kier molecular flexibility index (Phi) is 5.69. The number of hydrogen-bond acceptors (Lipinski definition) is 5. The number of carbonyl (C=O) groups is 2. The van der Waals surface area contributed by atoms with Gasteiger partial charge in [-0.05, 0) is 54.4 Å². The highest BCUT2D eigenvalue weighted by Gasteiger charge is 2.46. The molecule has 0 saturated carbocycles. The summed E-state index contributed by atoms with van der Waals surface area (Å²) in [7, 11) is 1.56. The number of hydrogen-bond donors (Lipinski definition) is 1. The van der Waals surface area contributed by atoms with Crippen LogP contribution in [0.25, 0.3) is 5.76 Å². The third-order valence-corrected chi connectivity index (χ3v) is 6.20. The number of methoxy groups -OCH3 is 1. The topological polar surface area (TPSA) is 80.0 Å². The van der Waals surface area contributed by atoms with Crippen molar-refractivity contribution in [3.05, 3.63) is 93.4 Å². The Labute approximate surface area is 187 Å². The van der Waals surface area contributed by atoms with Crippen molar-refractivity contribution in [2.24, 2.45) is 0 Å². The zero-order valence-electron chi connectivity index (χ0n) is 17.0. The number of benzene rings is 2. The first-order valence-corrected chi connectivity index (χ1v) is 10.4. The average Bonchev–Trinajstić information content (AvgIpc) is 3.38. The van der Waals surface area contributed by atoms with Gasteiger partial charge in [-0.15, -0.1) is 0 Å². The molecule has 7 heteroatoms. The molecule has 2 heterocycles. The van der Waals surface area contributed by atoms with E-state index in [-0.39, 0.29) is 17.9 Å². The van der Waals surface area contributed by atoms with Crippen LogP contribution in [0.15, 0.2) is 75.3 Å². The van der Waals surface area contributed by atoms with Crippen molar-refractivity contribution >= 4 is 33.4 Å². The number of rotatable bonds is 5. The molecule has 1 unspecified atom stereocenters. The third kappa shape index (κ3) is 3.88. The van der Waals surface area contributed by atoms with Crippen LogP contribution in [0.3, 0.4) is 0 Å². The van der Waals surface area contributed by atoms with Gasteiger partial charge in [-0.3, -0.25) is 9.59 Å². The van der Waals surface area contributed by atoms with Crippen LogP contribution in [-0.4, -0.2) is 28.8 Å². The Hall–Kier alpha value is -3.32. The molecule has 2 aromatic carbocycles. The predicted octanol–water partition coefficient (Wildman–Crippen LogP) is 4.98. The van der Waals surface area contributed by atoms with Crippen molar-refractivity contribution in [2.75, 3.05) is 7.11 Å². The summed E-state index contributed by atoms with van der Waals surface area (Å²) in [6, 6.07) is 15.0. The highest BCUT2D eigenvalue weighted by atomic mass is 79.9. The summed E-state index contributed by atoms with van der Waals surface area (Å²) in [6.07, 6.45) is 1.51. The van der Waals surface area contributed by atoms with E-state index in [1.165, 1.54) is 11.2 Å². The SMILES string of the molecule is COc1ccc(C2/C(=C(/O)c3ccc(Br)c(C)c3)C(=O)C(=O)N2Cc2ccco2)cc1. The third-order valence-electron chi connectivity index (χ3n) is 5.31. The summed E-state index contributed by atoms with van der Waals surface area (Å²) >= 11 is 3.44. The van der Waals surface area contributed by atoms with Crippen molar-refractivity contribution in [3.8, 4) is 5.75 Å². The summed E-state index contributed by atoms with van der Waals surface area (Å²) in [5, 5.41) is 11.1. The maximum absolute atomic E-state index is 13.0. The number of amides is 1. The minimum absolute atomic E-state index is 0.0449. The van der Waals surface area contributed by atoms with Gasteiger partial charge in [0.15, 0.2) is 0 Å². The van der Waals surface area contributed by atoms with E-state index in [2.05, 4.69) is 15.9 Å². The molecule has 1 fully saturated rings. The molecule has 1 amide bonds. The van der Waals surface area contributed by atoms with Gasteiger partial charge in [-0.25, -0.2) is 0 Å². The van der Waals surface area contributed by atoms with Gasteiger partial charge in [0.2, 0.25) is 0 Å². The van der Waals surface area contributed by atoms with Crippen molar-refractivity contribution in [2.45, 2.75) is 19.5 Å². The van der Waals surface area contributed by atoms with E-state index in [9.17, 15) is 14.7 Å². The fourth-order valence-electron chi connectivity index (χ4n) is 3.69. The maximum Gasteiger partial charge on any atom is 0.296 e. The monoisotopic (exact) mass is 481 g/mol. The second-order valence-corrected chi connectivity index (χ2v) is 8.10. The number of ketones is 1. The van der Waals surface area contributed by atoms with Crippen LogP contribution in [0.4, 0.5) is 0 Å². The fraction of sp³-hybridized carbons (Fsp3) is 0.167. The van der Waals surface area contributed by atoms with Crippen molar-refractivity contribution in [1.82, 2.24) is 4.90 Å². The number of halogens is 1. The standard InChI is InChI=1S/C24H20BrNO5/c1-14-12-16(7-10-19(14)25)22(27)20-21(15-5-8-17(30-2)9-6-15)26(24(29)23(20)28)13-18-4-3-11-31-18/h3-12,21,27H,13H2,1-2H3/b22-20-. The molecule has 1 aliphatic rings. The molecule has 31 heavy (non-hydrogen) atoms. The molecule has 3 aromatic rings. The Bertz CT molecular complexity index is 1170. The van der Waals surface area contributed by atoms with Crippen LogP contribution in [0.1, 0.15) is 28.5 Å². The number of aliphatic hydroxyl groups is 1. The van der Waals surface area contributed by atoms with Gasteiger partial charge in [-0.2, -0.15) is 0 Å². The smallest absolute Gasteiger partial charge is 0.296 e. The minimum Gasteiger partial charge on any atom is -0.507 e. The fourth-order valence-corrected chi connectivity index (χ4v) is 3.94. The summed E-state index contributed by atoms with van der Waals surface area (Å²) < 4.78 is 11.5. The molecule has 0 bridgehead atoms. The summed E-state index contributed by atoms with van der Waals surface area (Å²) in [4.78, 5) is 27.4. The number of ether oxygens (including phenoxy) is 1. The van der Waals surface area contributed by atoms with Crippen LogP contribution in [0.2, 0.25) is 0 Å². The second kappa shape index (κ2) is 8.43. The number of aryl methyl sites for hydroxylation is 1. The number of nitrogens with zero attached hydrogens (tertiary/aromatic N) is 1. The Morgan fingerprint density at radius 2 is 1.90 bits per heavy atom. The van der Waals surface area contributed by atoms with Gasteiger partial charge < -0.3 is 19.2 Å². The van der Waals surface area contributed by atoms with E-state index in [4.69, 9.17) is 9.15 Å². The molecule has 0 radical (unpaired) electrons. The molecule has 1 atom stereocenters. The average molecular weight is 482 g/mol. The molecule has 1 saturated heterocycles. The summed E-state index contributed by atoms with van der Waals surface area (Å²) in [5.41, 5.74) is 2.09. The lowest BCUT2D eigenvalue weighted by atomic mass is 9.95. The zero-order chi connectivity index (χ0) is 22.1. The van der Waals surface area contributed by atoms with Crippen LogP contribution in [0, 0.1) is 6.92 Å². The molecule has 6 nitrogen and oxygen atoms in total. The molecule has 0 spiro atoms. The number of Topliss-reactive ketones (excluding diaryl/α,β-unsaturated/α-hetero) is 1. The lowest BCUT2D eigenvalue weighted by Gasteiger charge is -2.24. The van der Waals surface area contributed by atoms with Gasteiger partial charge in [0.1, 0.15) is 17.3 Å². The van der Waals surface area contributed by atoms with Crippen molar-refractivity contribution < 1.29 is 23.8 Å². The first-order valence-electron chi connectivity index (χ1n) is 9.62. The number of furan rings is 1. The molecule has 0 aliphatic carbocycles. The number of carbonyl (C=O) groups excluding carboxylic acids is 2. The molecular formula is C24H20BrNO5. The molecule has 1 aliphatic heterocycles. The number of likely N-dealkylation sites (tertiary alicyclic amines) is 1. The van der Waals surface area contributed by atoms with Crippen LogP contribution >= 0.6 is 15.9 Å². The Balaban J connectivity index is 1.86. The second-order valence-electron chi connectivity index (χ2n) is 7.24. The normalized spacial score (nSPS) is 17.9. The van der Waals surface area contributed by atoms with Crippen LogP contribution in [-0.2, 0) is 16.1 Å². The molecule has 1 N–H and O–H groups in total. The maximum atomic E-state index is 13.0. The molecule has 1 aromatic heterocycles. The van der Waals surface area contributed by atoms with E-state index in [1.54, 1.807) is 61.7 Å². The number of aliphatic hydroxyl groups excluding tert-OH is 1. The van der Waals surface area contributed by atoms with Crippen LogP contribution < -0.4 is 4.74 Å². The largest absolute Gasteiger partial charge is 0.507 e.